The van der Waals surface area contributed by atoms with Gasteiger partial charge < -0.3 is 5.73 Å². The minimum absolute atomic E-state index is 0.348. The summed E-state index contributed by atoms with van der Waals surface area (Å²) in [5.41, 5.74) is 9.97. The largest absolute Gasteiger partial charge is 0.328 e. The zero-order valence-corrected chi connectivity index (χ0v) is 11.8. The van der Waals surface area contributed by atoms with Crippen LogP contribution in [0.2, 0.25) is 0 Å². The molecule has 1 aromatic heterocycles. The number of aromatic nitrogens is 2. The van der Waals surface area contributed by atoms with Crippen molar-refractivity contribution in [3.8, 4) is 0 Å². The predicted molar refractivity (Wildman–Crippen MR) is 73.1 cm³/mol. The molecule has 1 unspecified atom stereocenters. The van der Waals surface area contributed by atoms with Crippen molar-refractivity contribution in [2.45, 2.75) is 65.3 Å². The Labute approximate surface area is 105 Å². The summed E-state index contributed by atoms with van der Waals surface area (Å²) in [6.45, 7) is 6.46. The van der Waals surface area contributed by atoms with Crippen molar-refractivity contribution in [2.75, 3.05) is 0 Å². The second-order valence-electron chi connectivity index (χ2n) is 5.07. The summed E-state index contributed by atoms with van der Waals surface area (Å²) in [6.07, 6.45) is 7.15. The number of nitrogens with zero attached hydrogens (tertiary/aromatic N) is 2. The molecule has 0 fully saturated rings. The standard InChI is InChI=1S/C14H27N3/c1-5-6-7-8-13(15)9-10-14-11(2)16-17(4)12(14)3/h13H,5-10,15H2,1-4H3. The van der Waals surface area contributed by atoms with Gasteiger partial charge in [-0.3, -0.25) is 4.68 Å². The van der Waals surface area contributed by atoms with Gasteiger partial charge in [-0.05, 0) is 38.7 Å². The van der Waals surface area contributed by atoms with E-state index in [9.17, 15) is 0 Å². The molecule has 0 aromatic carbocycles. The molecule has 3 heteroatoms. The van der Waals surface area contributed by atoms with E-state index in [1.165, 1.54) is 30.5 Å². The second kappa shape index (κ2) is 6.80. The van der Waals surface area contributed by atoms with Crippen LogP contribution in [0.1, 0.15) is 56.0 Å². The summed E-state index contributed by atoms with van der Waals surface area (Å²) in [5.74, 6) is 0. The van der Waals surface area contributed by atoms with Crippen molar-refractivity contribution in [3.05, 3.63) is 17.0 Å². The molecular weight excluding hydrogens is 210 g/mol. The van der Waals surface area contributed by atoms with Gasteiger partial charge in [-0.15, -0.1) is 0 Å². The first-order valence-corrected chi connectivity index (χ1v) is 6.80. The normalized spacial score (nSPS) is 13.0. The molecule has 0 bridgehead atoms. The van der Waals surface area contributed by atoms with Gasteiger partial charge in [0.15, 0.2) is 0 Å². The van der Waals surface area contributed by atoms with Gasteiger partial charge in [0.25, 0.3) is 0 Å². The molecule has 1 aromatic rings. The van der Waals surface area contributed by atoms with Gasteiger partial charge in [0.05, 0.1) is 5.69 Å². The SMILES string of the molecule is CCCCCC(N)CCc1c(C)nn(C)c1C. The highest BCUT2D eigenvalue weighted by atomic mass is 15.3. The smallest absolute Gasteiger partial charge is 0.0628 e. The second-order valence-corrected chi connectivity index (χ2v) is 5.07. The van der Waals surface area contributed by atoms with E-state index in [2.05, 4.69) is 25.9 Å². The van der Waals surface area contributed by atoms with E-state index in [1.807, 2.05) is 11.7 Å². The predicted octanol–water partition coefficient (Wildman–Crippen LogP) is 2.88. The van der Waals surface area contributed by atoms with Crippen molar-refractivity contribution in [2.24, 2.45) is 12.8 Å². The van der Waals surface area contributed by atoms with Crippen molar-refractivity contribution in [1.29, 1.82) is 0 Å². The van der Waals surface area contributed by atoms with Crippen LogP contribution < -0.4 is 5.73 Å². The molecule has 1 atom stereocenters. The van der Waals surface area contributed by atoms with Crippen molar-refractivity contribution < 1.29 is 0 Å². The highest BCUT2D eigenvalue weighted by Gasteiger charge is 2.10. The Kier molecular flexibility index (Phi) is 5.69. The van der Waals surface area contributed by atoms with E-state index in [1.54, 1.807) is 0 Å². The van der Waals surface area contributed by atoms with E-state index >= 15 is 0 Å². The summed E-state index contributed by atoms with van der Waals surface area (Å²) in [7, 11) is 2.01. The molecule has 0 aliphatic rings. The van der Waals surface area contributed by atoms with Gasteiger partial charge in [0, 0.05) is 18.8 Å². The van der Waals surface area contributed by atoms with Gasteiger partial charge in [-0.2, -0.15) is 5.10 Å². The Bertz CT molecular complexity index is 341. The molecule has 0 aliphatic heterocycles. The lowest BCUT2D eigenvalue weighted by atomic mass is 10.0. The van der Waals surface area contributed by atoms with Crippen LogP contribution in [0.25, 0.3) is 0 Å². The van der Waals surface area contributed by atoms with Crippen LogP contribution in [0, 0.1) is 13.8 Å². The number of aryl methyl sites for hydroxylation is 2. The van der Waals surface area contributed by atoms with Gasteiger partial charge in [0.2, 0.25) is 0 Å². The zero-order chi connectivity index (χ0) is 12.8. The highest BCUT2D eigenvalue weighted by molar-refractivity contribution is 5.24. The van der Waals surface area contributed by atoms with E-state index in [0.717, 1.165) is 25.0 Å². The van der Waals surface area contributed by atoms with Crippen LogP contribution in [-0.4, -0.2) is 15.8 Å². The van der Waals surface area contributed by atoms with Crippen molar-refractivity contribution >= 4 is 0 Å². The molecule has 3 nitrogen and oxygen atoms in total. The third-order valence-electron chi connectivity index (χ3n) is 3.60. The topological polar surface area (TPSA) is 43.8 Å². The minimum atomic E-state index is 0.348. The first kappa shape index (κ1) is 14.2. The molecular formula is C14H27N3. The zero-order valence-electron chi connectivity index (χ0n) is 11.8. The Morgan fingerprint density at radius 3 is 2.47 bits per heavy atom. The molecule has 17 heavy (non-hydrogen) atoms. The average Bonchev–Trinajstić information content (AvgIpc) is 2.51. The van der Waals surface area contributed by atoms with Crippen LogP contribution in [0.15, 0.2) is 0 Å². The summed E-state index contributed by atoms with van der Waals surface area (Å²) in [4.78, 5) is 0. The molecule has 0 saturated heterocycles. The number of hydrogen-bond acceptors (Lipinski definition) is 2. The summed E-state index contributed by atoms with van der Waals surface area (Å²) in [5, 5.41) is 4.44. The molecule has 0 saturated carbocycles. The molecule has 98 valence electrons. The maximum Gasteiger partial charge on any atom is 0.0628 e. The molecule has 0 spiro atoms. The van der Waals surface area contributed by atoms with Gasteiger partial charge in [0.1, 0.15) is 0 Å². The maximum absolute atomic E-state index is 6.14. The molecule has 1 rings (SSSR count). The summed E-state index contributed by atoms with van der Waals surface area (Å²) in [6, 6.07) is 0.348. The third-order valence-corrected chi connectivity index (χ3v) is 3.60. The van der Waals surface area contributed by atoms with E-state index in [-0.39, 0.29) is 0 Å². The molecule has 0 amide bonds. The van der Waals surface area contributed by atoms with Crippen LogP contribution in [-0.2, 0) is 13.5 Å². The van der Waals surface area contributed by atoms with Crippen LogP contribution in [0.3, 0.4) is 0 Å². The average molecular weight is 237 g/mol. The number of rotatable bonds is 7. The Balaban J connectivity index is 2.39. The first-order chi connectivity index (χ1) is 8.06. The van der Waals surface area contributed by atoms with Gasteiger partial charge in [-0.25, -0.2) is 0 Å². The van der Waals surface area contributed by atoms with E-state index < -0.39 is 0 Å². The fourth-order valence-corrected chi connectivity index (χ4v) is 2.31. The Morgan fingerprint density at radius 1 is 1.24 bits per heavy atom. The van der Waals surface area contributed by atoms with Gasteiger partial charge >= 0.3 is 0 Å². The summed E-state index contributed by atoms with van der Waals surface area (Å²) < 4.78 is 1.97. The van der Waals surface area contributed by atoms with Crippen LogP contribution in [0.4, 0.5) is 0 Å². The number of hydrogen-bond donors (Lipinski definition) is 1. The molecule has 0 aliphatic carbocycles. The molecule has 2 N–H and O–H groups in total. The molecule has 1 heterocycles. The Morgan fingerprint density at radius 2 is 1.94 bits per heavy atom. The van der Waals surface area contributed by atoms with Crippen molar-refractivity contribution in [1.82, 2.24) is 9.78 Å². The molecule has 0 radical (unpaired) electrons. The lowest BCUT2D eigenvalue weighted by molar-refractivity contribution is 0.528. The van der Waals surface area contributed by atoms with E-state index in [4.69, 9.17) is 5.73 Å². The third kappa shape index (κ3) is 4.15. The fraction of sp³-hybridized carbons (Fsp3) is 0.786. The highest BCUT2D eigenvalue weighted by Crippen LogP contribution is 2.16. The lowest BCUT2D eigenvalue weighted by Crippen LogP contribution is -2.20. The van der Waals surface area contributed by atoms with E-state index in [0.29, 0.717) is 6.04 Å². The number of nitrogens with two attached hydrogens (primary N) is 1. The minimum Gasteiger partial charge on any atom is -0.328 e. The quantitative estimate of drug-likeness (QED) is 0.741. The number of unbranched alkanes of at least 4 members (excludes halogenated alkanes) is 2. The van der Waals surface area contributed by atoms with Crippen LogP contribution >= 0.6 is 0 Å². The fourth-order valence-electron chi connectivity index (χ4n) is 2.31. The first-order valence-electron chi connectivity index (χ1n) is 6.80. The Hall–Kier alpha value is -0.830. The summed E-state index contributed by atoms with van der Waals surface area (Å²) >= 11 is 0. The van der Waals surface area contributed by atoms with Gasteiger partial charge in [-0.1, -0.05) is 26.2 Å². The maximum atomic E-state index is 6.14. The van der Waals surface area contributed by atoms with Crippen LogP contribution in [0.5, 0.6) is 0 Å². The lowest BCUT2D eigenvalue weighted by Gasteiger charge is -2.11. The monoisotopic (exact) mass is 237 g/mol. The van der Waals surface area contributed by atoms with Crippen molar-refractivity contribution in [3.63, 3.8) is 0 Å².